The van der Waals surface area contributed by atoms with E-state index in [0.717, 1.165) is 20.8 Å². The molecule has 0 aromatic rings. The van der Waals surface area contributed by atoms with Gasteiger partial charge in [-0.05, 0) is 0 Å². The molecule has 0 aliphatic carbocycles. The number of hydrogen-bond acceptors (Lipinski definition) is 31. The fraction of sp³-hybridized carbons (Fsp3) is 0.929. The Morgan fingerprint density at radius 2 is 0.684 bits per heavy atom. The maximum absolute atomic E-state index is 12.6. The van der Waals surface area contributed by atoms with E-state index in [2.05, 4.69) is 16.0 Å². The van der Waals surface area contributed by atoms with Crippen molar-refractivity contribution in [3.8, 4) is 0 Å². The molecule has 34 heteroatoms. The minimum absolute atomic E-state index is 0.744. The Bertz CT molecular complexity index is 1870. The molecule has 20 N–H and O–H groups in total. The Morgan fingerprint density at radius 3 is 1.14 bits per heavy atom. The van der Waals surface area contributed by atoms with Crippen molar-refractivity contribution in [3.63, 3.8) is 0 Å². The molecule has 0 saturated carbocycles. The Balaban J connectivity index is 1.16. The van der Waals surface area contributed by atoms with E-state index in [1.165, 1.54) is 0 Å². The number of nitrogens with one attached hydrogen (secondary N) is 3. The number of aliphatic hydroxyl groups is 17. The van der Waals surface area contributed by atoms with E-state index in [1.54, 1.807) is 0 Å². The number of aliphatic hydroxyl groups excluding tert-OH is 17. The Morgan fingerprint density at radius 1 is 0.342 bits per heavy atom. The lowest BCUT2D eigenvalue weighted by Gasteiger charge is -2.50. The van der Waals surface area contributed by atoms with Crippen molar-refractivity contribution in [2.24, 2.45) is 0 Å². The number of ether oxygens (including phenoxy) is 11. The van der Waals surface area contributed by atoms with E-state index < -0.39 is 241 Å². The monoisotopic (exact) mass is 1110 g/mol. The summed E-state index contributed by atoms with van der Waals surface area (Å²) in [7, 11) is 0. The smallest absolute Gasteiger partial charge is 0.217 e. The van der Waals surface area contributed by atoms with Gasteiger partial charge in [0, 0.05) is 20.8 Å². The average Bonchev–Trinajstić information content (AvgIpc) is 3.37. The van der Waals surface area contributed by atoms with Crippen LogP contribution in [-0.4, -0.2) is 328 Å². The minimum atomic E-state index is -2.20. The van der Waals surface area contributed by atoms with Crippen LogP contribution in [0.3, 0.4) is 0 Å². The highest BCUT2D eigenvalue weighted by Gasteiger charge is 2.57. The van der Waals surface area contributed by atoms with Gasteiger partial charge in [0.05, 0.1) is 39.6 Å². The zero-order valence-corrected chi connectivity index (χ0v) is 40.9. The second kappa shape index (κ2) is 27.2. The molecule has 0 aromatic carbocycles. The average molecular weight is 1110 g/mol. The summed E-state index contributed by atoms with van der Waals surface area (Å²) in [5.74, 6) is -2.37. The number of hydrogen-bond donors (Lipinski definition) is 20. The van der Waals surface area contributed by atoms with Crippen LogP contribution in [0.2, 0.25) is 0 Å². The van der Waals surface area contributed by atoms with Gasteiger partial charge in [-0.25, -0.2) is 0 Å². The van der Waals surface area contributed by atoms with E-state index in [4.69, 9.17) is 52.1 Å². The highest BCUT2D eigenvalue weighted by Crippen LogP contribution is 2.36. The zero-order valence-electron chi connectivity index (χ0n) is 40.9. The summed E-state index contributed by atoms with van der Waals surface area (Å²) in [5, 5.41) is 189. The maximum Gasteiger partial charge on any atom is 0.217 e. The molecular weight excluding hydrogens is 1040 g/mol. The van der Waals surface area contributed by atoms with Gasteiger partial charge in [-0.1, -0.05) is 0 Å². The van der Waals surface area contributed by atoms with Crippen molar-refractivity contribution in [1.82, 2.24) is 16.0 Å². The van der Waals surface area contributed by atoms with Crippen LogP contribution in [0.25, 0.3) is 0 Å². The fourth-order valence-corrected chi connectivity index (χ4v) is 9.62. The summed E-state index contributed by atoms with van der Waals surface area (Å²) in [6.07, 6.45) is -50.1. The molecule has 30 atom stereocenters. The molecule has 6 fully saturated rings. The van der Waals surface area contributed by atoms with Crippen LogP contribution in [0.1, 0.15) is 20.8 Å². The summed E-state index contributed by atoms with van der Waals surface area (Å²) >= 11 is 0. The molecule has 0 bridgehead atoms. The first-order valence-corrected chi connectivity index (χ1v) is 24.1. The normalized spacial score (nSPS) is 48.2. The number of amides is 3. The van der Waals surface area contributed by atoms with Gasteiger partial charge in [0.25, 0.3) is 0 Å². The summed E-state index contributed by atoms with van der Waals surface area (Å²) in [5.41, 5.74) is 0. The van der Waals surface area contributed by atoms with Gasteiger partial charge in [0.1, 0.15) is 146 Å². The summed E-state index contributed by atoms with van der Waals surface area (Å²) < 4.78 is 62.7. The Kier molecular flexibility index (Phi) is 22.3. The number of carbonyl (C=O) groups excluding carboxylic acids is 3. The number of carbonyl (C=O) groups is 3. The lowest BCUT2D eigenvalue weighted by Crippen LogP contribution is -2.70. The molecule has 34 nitrogen and oxygen atoms in total. The van der Waals surface area contributed by atoms with Gasteiger partial charge in [-0.3, -0.25) is 14.4 Å². The van der Waals surface area contributed by atoms with E-state index in [0.29, 0.717) is 0 Å². The molecule has 440 valence electrons. The number of rotatable bonds is 19. The topological polar surface area (TPSA) is 533 Å². The zero-order chi connectivity index (χ0) is 56.2. The molecule has 0 aromatic heterocycles. The minimum Gasteiger partial charge on any atom is -0.394 e. The first kappa shape index (κ1) is 62.5. The summed E-state index contributed by atoms with van der Waals surface area (Å²) in [4.78, 5) is 37.0. The SMILES string of the molecule is CC(=O)N[C@H]1[C@H](OC[C@H]2OC(O)[C@H](O)[C@@H](O[C@@H]3O[C@H](CO)[C@@H](O[C@@H]4O[C@H](CO)[C@H](O)[C@H](O[C@@H]5O[C@H](CO)[C@@H](O)[C@H](O)[C@H]5NC(C)=O)[C@H]4O)[C@H](O)[C@H]3NC(C)=O)[C@H]2O)O[C@H](CO)[C@@H](O[C@@H]2O[C@H](CO)[C@H](O)[C@H](O)[C@H]2O)[C@@H]1O. The van der Waals surface area contributed by atoms with E-state index in [-0.39, 0.29) is 0 Å². The summed E-state index contributed by atoms with van der Waals surface area (Å²) in [6.45, 7) is -2.40. The quantitative estimate of drug-likeness (QED) is 0.0571. The molecule has 76 heavy (non-hydrogen) atoms. The van der Waals surface area contributed by atoms with Gasteiger partial charge < -0.3 is 155 Å². The first-order chi connectivity index (χ1) is 35.9. The van der Waals surface area contributed by atoms with Crippen LogP contribution in [-0.2, 0) is 66.5 Å². The van der Waals surface area contributed by atoms with Crippen LogP contribution in [0.5, 0.6) is 0 Å². The van der Waals surface area contributed by atoms with Crippen molar-refractivity contribution in [2.45, 2.75) is 205 Å². The van der Waals surface area contributed by atoms with Crippen molar-refractivity contribution in [3.05, 3.63) is 0 Å². The summed E-state index contributed by atoms with van der Waals surface area (Å²) in [6, 6.07) is -4.96. The predicted molar refractivity (Wildman–Crippen MR) is 234 cm³/mol. The molecule has 6 saturated heterocycles. The lowest BCUT2D eigenvalue weighted by atomic mass is 9.94. The fourth-order valence-electron chi connectivity index (χ4n) is 9.62. The van der Waals surface area contributed by atoms with Crippen LogP contribution in [0.4, 0.5) is 0 Å². The van der Waals surface area contributed by atoms with Crippen molar-refractivity contribution < 1.29 is 153 Å². The highest BCUT2D eigenvalue weighted by atomic mass is 16.8. The molecule has 0 spiro atoms. The highest BCUT2D eigenvalue weighted by molar-refractivity contribution is 5.74. The van der Waals surface area contributed by atoms with E-state index >= 15 is 0 Å². The molecular formula is C42H71N3O31. The van der Waals surface area contributed by atoms with Gasteiger partial charge in [0.2, 0.25) is 17.7 Å². The van der Waals surface area contributed by atoms with Crippen molar-refractivity contribution in [1.29, 1.82) is 0 Å². The Labute approximate surface area is 431 Å². The van der Waals surface area contributed by atoms with Crippen LogP contribution >= 0.6 is 0 Å². The van der Waals surface area contributed by atoms with E-state index in [9.17, 15) is 101 Å². The van der Waals surface area contributed by atoms with Crippen LogP contribution in [0, 0.1) is 0 Å². The molecule has 6 aliphatic heterocycles. The first-order valence-electron chi connectivity index (χ1n) is 24.1. The molecule has 0 radical (unpaired) electrons. The standard InChI is InChI=1S/C42H71N3O31/c1-10(51)43-19-26(58)22(54)13(4-46)68-39(19)76-36-24(56)15(6-48)70-42(32(36)64)74-34-17(8-50)72-40(21(28(34)60)45-12(3)53)75-35-25(57)18(67-37(65)31(35)63)9-66-38-20(44-11(2)52)27(59)33(16(7-49)71-38)73-41-30(62)29(61)23(55)14(5-47)69-41/h13-42,46-50,54-65H,4-9H2,1-3H3,(H,43,51)(H,44,52)(H,45,53)/t13-,14-,15-,16-,17-,18-,19-,20-,21-,22-,23+,24+,25+,26-,27-,28-,29+,30-,31-,32-,33-,34-,35+,36+,37?,38-,39+,40+,41+,42+/m1/s1. The molecule has 3 amide bonds. The molecule has 6 aliphatic rings. The Hall–Kier alpha value is -2.71. The third kappa shape index (κ3) is 13.7. The largest absolute Gasteiger partial charge is 0.394 e. The second-order valence-electron chi connectivity index (χ2n) is 19.0. The van der Waals surface area contributed by atoms with Crippen LogP contribution in [0.15, 0.2) is 0 Å². The van der Waals surface area contributed by atoms with Gasteiger partial charge >= 0.3 is 0 Å². The van der Waals surface area contributed by atoms with Gasteiger partial charge in [-0.15, -0.1) is 0 Å². The van der Waals surface area contributed by atoms with Gasteiger partial charge in [-0.2, -0.15) is 0 Å². The third-order valence-electron chi connectivity index (χ3n) is 13.6. The molecule has 1 unspecified atom stereocenters. The van der Waals surface area contributed by atoms with Gasteiger partial charge in [0.15, 0.2) is 37.7 Å². The third-order valence-corrected chi connectivity index (χ3v) is 13.6. The van der Waals surface area contributed by atoms with Crippen LogP contribution < -0.4 is 16.0 Å². The van der Waals surface area contributed by atoms with E-state index in [1.807, 2.05) is 0 Å². The van der Waals surface area contributed by atoms with Crippen molar-refractivity contribution >= 4 is 17.7 Å². The lowest BCUT2D eigenvalue weighted by molar-refractivity contribution is -0.378. The maximum atomic E-state index is 12.6. The second-order valence-corrected chi connectivity index (χ2v) is 19.0. The molecule has 6 rings (SSSR count). The predicted octanol–water partition coefficient (Wildman–Crippen LogP) is -13.7. The molecule has 6 heterocycles. The van der Waals surface area contributed by atoms with Crippen molar-refractivity contribution in [2.75, 3.05) is 39.6 Å².